The largest absolute Gasteiger partial charge is 0.271 e. The van der Waals surface area contributed by atoms with Gasteiger partial charge in [-0.25, -0.2) is 5.43 Å². The van der Waals surface area contributed by atoms with Crippen LogP contribution in [-0.4, -0.2) is 20.3 Å². The summed E-state index contributed by atoms with van der Waals surface area (Å²) in [5.74, 6) is 6.89. The van der Waals surface area contributed by atoms with Crippen LogP contribution in [0, 0.1) is 0 Å². The number of hydrazine groups is 1. The molecule has 0 aliphatic carbocycles. The molecule has 0 saturated carbocycles. The van der Waals surface area contributed by atoms with Gasteiger partial charge in [0, 0.05) is 11.8 Å². The minimum atomic E-state index is 0.0417. The smallest absolute Gasteiger partial charge is 0.0835 e. The van der Waals surface area contributed by atoms with Crippen molar-refractivity contribution in [3.63, 3.8) is 0 Å². The van der Waals surface area contributed by atoms with Gasteiger partial charge in [-0.2, -0.15) is 16.9 Å². The van der Waals surface area contributed by atoms with Crippen LogP contribution in [0.25, 0.3) is 0 Å². The summed E-state index contributed by atoms with van der Waals surface area (Å²) in [6.07, 6.45) is 4.05. The number of thioether (sulfide) groups is 1. The number of nitrogens with zero attached hydrogens (tertiary/aromatic N) is 2. The first-order chi connectivity index (χ1) is 7.58. The fourth-order valence-corrected chi connectivity index (χ4v) is 3.98. The standard InChI is InChI=1S/C10H17ClN4S/c1-10(4-3-5-16-10)9(14-12)8-7(11)6-13-15(8)2/h6,9,14H,3-5,12H2,1-2H3. The number of hydrogen-bond donors (Lipinski definition) is 2. The van der Waals surface area contributed by atoms with E-state index in [-0.39, 0.29) is 10.8 Å². The third kappa shape index (κ3) is 1.97. The zero-order chi connectivity index (χ0) is 11.8. The van der Waals surface area contributed by atoms with Crippen LogP contribution in [0.15, 0.2) is 6.20 Å². The molecule has 0 spiro atoms. The molecule has 16 heavy (non-hydrogen) atoms. The molecule has 1 aliphatic heterocycles. The molecule has 1 saturated heterocycles. The van der Waals surface area contributed by atoms with Gasteiger partial charge in [0.2, 0.25) is 0 Å². The third-order valence-electron chi connectivity index (χ3n) is 3.24. The van der Waals surface area contributed by atoms with E-state index < -0.39 is 0 Å². The summed E-state index contributed by atoms with van der Waals surface area (Å²) in [6, 6.07) is 0.0417. The van der Waals surface area contributed by atoms with Gasteiger partial charge >= 0.3 is 0 Å². The maximum atomic E-state index is 6.17. The highest BCUT2D eigenvalue weighted by molar-refractivity contribution is 8.00. The highest BCUT2D eigenvalue weighted by Gasteiger charge is 2.40. The molecule has 1 aliphatic rings. The monoisotopic (exact) mass is 260 g/mol. The fourth-order valence-electron chi connectivity index (χ4n) is 2.32. The number of nitrogens with two attached hydrogens (primary N) is 1. The number of aromatic nitrogens is 2. The normalized spacial score (nSPS) is 27.2. The summed E-state index contributed by atoms with van der Waals surface area (Å²) < 4.78 is 1.91. The van der Waals surface area contributed by atoms with Gasteiger partial charge in [0.15, 0.2) is 0 Å². The Hall–Kier alpha value is -0.230. The quantitative estimate of drug-likeness (QED) is 0.644. The molecule has 1 aromatic heterocycles. The number of nitrogens with one attached hydrogen (secondary N) is 1. The summed E-state index contributed by atoms with van der Waals surface area (Å²) in [4.78, 5) is 0. The van der Waals surface area contributed by atoms with E-state index >= 15 is 0 Å². The fraction of sp³-hybridized carbons (Fsp3) is 0.700. The van der Waals surface area contributed by atoms with Gasteiger partial charge in [-0.15, -0.1) is 0 Å². The van der Waals surface area contributed by atoms with Crippen molar-refractivity contribution < 1.29 is 0 Å². The Morgan fingerprint density at radius 2 is 2.50 bits per heavy atom. The summed E-state index contributed by atoms with van der Waals surface area (Å²) in [5, 5.41) is 4.85. The van der Waals surface area contributed by atoms with E-state index in [1.165, 1.54) is 12.2 Å². The third-order valence-corrected chi connectivity index (χ3v) is 5.12. The summed E-state index contributed by atoms with van der Waals surface area (Å²) in [7, 11) is 1.90. The average Bonchev–Trinajstić information content (AvgIpc) is 2.80. The molecular weight excluding hydrogens is 244 g/mol. The van der Waals surface area contributed by atoms with E-state index in [0.717, 1.165) is 12.1 Å². The van der Waals surface area contributed by atoms with Crippen LogP contribution in [0.5, 0.6) is 0 Å². The molecule has 0 aromatic carbocycles. The van der Waals surface area contributed by atoms with E-state index in [9.17, 15) is 0 Å². The van der Waals surface area contributed by atoms with Crippen LogP contribution in [0.3, 0.4) is 0 Å². The number of rotatable bonds is 3. The maximum Gasteiger partial charge on any atom is 0.0835 e. The molecule has 90 valence electrons. The number of aryl methyl sites for hydroxylation is 1. The highest BCUT2D eigenvalue weighted by atomic mass is 35.5. The van der Waals surface area contributed by atoms with Crippen molar-refractivity contribution in [3.05, 3.63) is 16.9 Å². The van der Waals surface area contributed by atoms with E-state index in [2.05, 4.69) is 17.4 Å². The van der Waals surface area contributed by atoms with Gasteiger partial charge in [0.25, 0.3) is 0 Å². The number of halogens is 1. The first kappa shape index (κ1) is 12.2. The van der Waals surface area contributed by atoms with Gasteiger partial charge in [-0.05, 0) is 25.5 Å². The van der Waals surface area contributed by atoms with Gasteiger partial charge < -0.3 is 0 Å². The van der Waals surface area contributed by atoms with Crippen molar-refractivity contribution in [1.82, 2.24) is 15.2 Å². The zero-order valence-electron chi connectivity index (χ0n) is 9.53. The second kappa shape index (κ2) is 4.56. The second-order valence-corrected chi connectivity index (χ2v) is 6.40. The van der Waals surface area contributed by atoms with Gasteiger partial charge in [-0.1, -0.05) is 11.6 Å². The van der Waals surface area contributed by atoms with Crippen molar-refractivity contribution in [2.75, 3.05) is 5.75 Å². The molecule has 0 amide bonds. The minimum absolute atomic E-state index is 0.0417. The molecule has 6 heteroatoms. The van der Waals surface area contributed by atoms with Crippen LogP contribution < -0.4 is 11.3 Å². The lowest BCUT2D eigenvalue weighted by Gasteiger charge is -2.33. The van der Waals surface area contributed by atoms with Crippen molar-refractivity contribution in [1.29, 1.82) is 0 Å². The van der Waals surface area contributed by atoms with Crippen LogP contribution in [0.2, 0.25) is 5.02 Å². The van der Waals surface area contributed by atoms with Crippen LogP contribution in [-0.2, 0) is 7.05 Å². The molecule has 4 nitrogen and oxygen atoms in total. The molecular formula is C10H17ClN4S. The van der Waals surface area contributed by atoms with Gasteiger partial charge in [0.05, 0.1) is 23.0 Å². The molecule has 0 bridgehead atoms. The molecule has 1 aromatic rings. The van der Waals surface area contributed by atoms with E-state index in [1.807, 2.05) is 18.8 Å². The number of hydrogen-bond acceptors (Lipinski definition) is 4. The van der Waals surface area contributed by atoms with Crippen molar-refractivity contribution >= 4 is 23.4 Å². The van der Waals surface area contributed by atoms with E-state index in [4.69, 9.17) is 17.4 Å². The lowest BCUT2D eigenvalue weighted by Crippen LogP contribution is -2.42. The molecule has 3 N–H and O–H groups in total. The molecule has 2 atom stereocenters. The zero-order valence-corrected chi connectivity index (χ0v) is 11.1. The maximum absolute atomic E-state index is 6.17. The Balaban J connectivity index is 2.36. The molecule has 2 heterocycles. The predicted octanol–water partition coefficient (Wildman–Crippen LogP) is 1.86. The predicted molar refractivity (Wildman–Crippen MR) is 68.4 cm³/mol. The van der Waals surface area contributed by atoms with Crippen LogP contribution in [0.1, 0.15) is 31.5 Å². The molecule has 0 radical (unpaired) electrons. The summed E-state index contributed by atoms with van der Waals surface area (Å²) in [6.45, 7) is 2.23. The van der Waals surface area contributed by atoms with Crippen molar-refractivity contribution in [2.45, 2.75) is 30.6 Å². The lowest BCUT2D eigenvalue weighted by atomic mass is 9.94. The average molecular weight is 261 g/mol. The Morgan fingerprint density at radius 1 is 1.75 bits per heavy atom. The Bertz CT molecular complexity index is 353. The first-order valence-corrected chi connectivity index (χ1v) is 6.72. The van der Waals surface area contributed by atoms with Crippen LogP contribution >= 0.6 is 23.4 Å². The van der Waals surface area contributed by atoms with Crippen molar-refractivity contribution in [2.24, 2.45) is 12.9 Å². The summed E-state index contributed by atoms with van der Waals surface area (Å²) in [5.41, 5.74) is 3.88. The molecule has 2 rings (SSSR count). The van der Waals surface area contributed by atoms with Gasteiger partial charge in [-0.3, -0.25) is 10.5 Å². The SMILES string of the molecule is Cn1ncc(Cl)c1C(NN)C1(C)CCCS1. The first-order valence-electron chi connectivity index (χ1n) is 5.36. The van der Waals surface area contributed by atoms with Crippen LogP contribution in [0.4, 0.5) is 0 Å². The van der Waals surface area contributed by atoms with E-state index in [1.54, 1.807) is 10.9 Å². The molecule has 2 unspecified atom stereocenters. The van der Waals surface area contributed by atoms with Gasteiger partial charge in [0.1, 0.15) is 0 Å². The Labute approximate surface area is 105 Å². The lowest BCUT2D eigenvalue weighted by molar-refractivity contribution is 0.399. The minimum Gasteiger partial charge on any atom is -0.271 e. The van der Waals surface area contributed by atoms with Crippen molar-refractivity contribution in [3.8, 4) is 0 Å². The topological polar surface area (TPSA) is 55.9 Å². The Morgan fingerprint density at radius 3 is 2.94 bits per heavy atom. The second-order valence-electron chi connectivity index (χ2n) is 4.37. The highest BCUT2D eigenvalue weighted by Crippen LogP contribution is 2.47. The molecule has 1 fully saturated rings. The summed E-state index contributed by atoms with van der Waals surface area (Å²) >= 11 is 8.12. The Kier molecular flexibility index (Phi) is 3.49. The van der Waals surface area contributed by atoms with E-state index in [0.29, 0.717) is 5.02 Å².